The lowest BCUT2D eigenvalue weighted by Gasteiger charge is -2.19. The Kier molecular flexibility index (Phi) is 2.30. The summed E-state index contributed by atoms with van der Waals surface area (Å²) in [5.74, 6) is 0. The van der Waals surface area contributed by atoms with Crippen molar-refractivity contribution < 1.29 is 0 Å². The van der Waals surface area contributed by atoms with Crippen LogP contribution in [0.25, 0.3) is 10.8 Å². The van der Waals surface area contributed by atoms with E-state index >= 15 is 0 Å². The first-order chi connectivity index (χ1) is 6.97. The third kappa shape index (κ3) is 2.04. The van der Waals surface area contributed by atoms with Gasteiger partial charge in [-0.1, -0.05) is 57.2 Å². The van der Waals surface area contributed by atoms with Crippen molar-refractivity contribution in [2.24, 2.45) is 0 Å². The number of fused-ring (bicyclic) bond motifs is 1. The Balaban J connectivity index is 2.62. The summed E-state index contributed by atoms with van der Waals surface area (Å²) >= 11 is 0. The molecule has 0 saturated heterocycles. The van der Waals surface area contributed by atoms with Crippen LogP contribution in [-0.4, -0.2) is 0 Å². The second-order valence-corrected chi connectivity index (χ2v) is 5.15. The second kappa shape index (κ2) is 3.37. The maximum Gasteiger partial charge on any atom is -0.0132 e. The highest BCUT2D eigenvalue weighted by molar-refractivity contribution is 5.84. The molecule has 15 heavy (non-hydrogen) atoms. The van der Waals surface area contributed by atoms with Crippen molar-refractivity contribution in [3.05, 3.63) is 54.4 Å². The smallest absolute Gasteiger partial charge is 0.0132 e. The van der Waals surface area contributed by atoms with E-state index in [4.69, 9.17) is 0 Å². The van der Waals surface area contributed by atoms with Crippen molar-refractivity contribution in [1.82, 2.24) is 0 Å². The predicted molar refractivity (Wildman–Crippen MR) is 67.1 cm³/mol. The first-order valence-corrected chi connectivity index (χ1v) is 5.33. The van der Waals surface area contributed by atoms with Crippen molar-refractivity contribution in [3.63, 3.8) is 0 Å². The van der Waals surface area contributed by atoms with Gasteiger partial charge in [-0.05, 0) is 34.2 Å². The van der Waals surface area contributed by atoms with E-state index in [0.717, 1.165) is 5.56 Å². The molecule has 0 amide bonds. The van der Waals surface area contributed by atoms with Crippen LogP contribution in [0.1, 0.15) is 31.9 Å². The van der Waals surface area contributed by atoms with Crippen molar-refractivity contribution in [2.45, 2.75) is 26.2 Å². The fourth-order valence-corrected chi connectivity index (χ4v) is 1.76. The largest absolute Gasteiger partial charge is 0.0584 e. The van der Waals surface area contributed by atoms with E-state index < -0.39 is 0 Å². The summed E-state index contributed by atoms with van der Waals surface area (Å²) < 4.78 is 0. The molecule has 0 nitrogen and oxygen atoms in total. The molecule has 0 aliphatic heterocycles. The van der Waals surface area contributed by atoms with Crippen LogP contribution in [0.15, 0.2) is 36.4 Å². The van der Waals surface area contributed by atoms with E-state index in [1.165, 1.54) is 16.3 Å². The normalized spacial score (nSPS) is 12.0. The summed E-state index contributed by atoms with van der Waals surface area (Å²) in [4.78, 5) is 0. The monoisotopic (exact) mass is 197 g/mol. The highest BCUT2D eigenvalue weighted by Crippen LogP contribution is 2.26. The van der Waals surface area contributed by atoms with Gasteiger partial charge < -0.3 is 0 Å². The highest BCUT2D eigenvalue weighted by atomic mass is 14.2. The molecule has 2 rings (SSSR count). The van der Waals surface area contributed by atoms with Crippen LogP contribution < -0.4 is 0 Å². The molecule has 77 valence electrons. The van der Waals surface area contributed by atoms with Crippen LogP contribution in [0.5, 0.6) is 0 Å². The van der Waals surface area contributed by atoms with Gasteiger partial charge in [0.15, 0.2) is 0 Å². The van der Waals surface area contributed by atoms with E-state index in [-0.39, 0.29) is 5.41 Å². The zero-order chi connectivity index (χ0) is 11.1. The van der Waals surface area contributed by atoms with Gasteiger partial charge in [0.1, 0.15) is 0 Å². The second-order valence-electron chi connectivity index (χ2n) is 5.15. The predicted octanol–water partition coefficient (Wildman–Crippen LogP) is 4.32. The number of benzene rings is 2. The maximum atomic E-state index is 3.94. The molecule has 0 saturated carbocycles. The Bertz CT molecular complexity index is 487. The quantitative estimate of drug-likeness (QED) is 0.590. The van der Waals surface area contributed by atoms with E-state index in [2.05, 4.69) is 64.1 Å². The van der Waals surface area contributed by atoms with Gasteiger partial charge >= 0.3 is 0 Å². The lowest BCUT2D eigenvalue weighted by molar-refractivity contribution is 0.591. The van der Waals surface area contributed by atoms with E-state index in [0.29, 0.717) is 0 Å². The van der Waals surface area contributed by atoms with Crippen LogP contribution >= 0.6 is 0 Å². The van der Waals surface area contributed by atoms with Gasteiger partial charge in [0.05, 0.1) is 0 Å². The molecule has 0 N–H and O–H groups in total. The fourth-order valence-electron chi connectivity index (χ4n) is 1.76. The van der Waals surface area contributed by atoms with E-state index in [9.17, 15) is 0 Å². The Morgan fingerprint density at radius 3 is 2.13 bits per heavy atom. The minimum Gasteiger partial charge on any atom is -0.0584 e. The molecule has 0 spiro atoms. The van der Waals surface area contributed by atoms with Crippen LogP contribution in [0.2, 0.25) is 0 Å². The van der Waals surface area contributed by atoms with Gasteiger partial charge in [-0.2, -0.15) is 0 Å². The Morgan fingerprint density at radius 1 is 0.867 bits per heavy atom. The maximum absolute atomic E-state index is 3.94. The molecule has 0 bridgehead atoms. The van der Waals surface area contributed by atoms with Gasteiger partial charge in [-0.3, -0.25) is 0 Å². The van der Waals surface area contributed by atoms with Crippen LogP contribution in [-0.2, 0) is 5.41 Å². The lowest BCUT2D eigenvalue weighted by atomic mass is 9.86. The van der Waals surface area contributed by atoms with Crippen molar-refractivity contribution in [1.29, 1.82) is 0 Å². The summed E-state index contributed by atoms with van der Waals surface area (Å²) in [6.07, 6.45) is 0. The molecule has 0 aromatic heterocycles. The van der Waals surface area contributed by atoms with Gasteiger partial charge in [-0.15, -0.1) is 0 Å². The summed E-state index contributed by atoms with van der Waals surface area (Å²) in [6, 6.07) is 13.0. The Morgan fingerprint density at radius 2 is 1.47 bits per heavy atom. The zero-order valence-electron chi connectivity index (χ0n) is 9.67. The van der Waals surface area contributed by atoms with Crippen LogP contribution in [0.4, 0.5) is 0 Å². The average molecular weight is 197 g/mol. The molecule has 0 aliphatic carbocycles. The summed E-state index contributed by atoms with van der Waals surface area (Å²) in [5, 5.41) is 2.57. The van der Waals surface area contributed by atoms with Crippen molar-refractivity contribution in [3.8, 4) is 0 Å². The molecule has 0 atom stereocenters. The van der Waals surface area contributed by atoms with Crippen LogP contribution in [0.3, 0.4) is 0 Å². The minimum absolute atomic E-state index is 0.220. The van der Waals surface area contributed by atoms with Crippen LogP contribution in [0, 0.1) is 6.92 Å². The van der Waals surface area contributed by atoms with Crippen molar-refractivity contribution >= 4 is 10.8 Å². The first kappa shape index (κ1) is 10.2. The minimum atomic E-state index is 0.220. The molecule has 0 fully saturated rings. The summed E-state index contributed by atoms with van der Waals surface area (Å²) in [5.41, 5.74) is 2.68. The molecule has 2 aromatic carbocycles. The molecule has 0 unspecified atom stereocenters. The average Bonchev–Trinajstić information content (AvgIpc) is 2.15. The summed E-state index contributed by atoms with van der Waals surface area (Å²) in [6.45, 7) is 10.7. The van der Waals surface area contributed by atoms with Crippen molar-refractivity contribution in [2.75, 3.05) is 0 Å². The summed E-state index contributed by atoms with van der Waals surface area (Å²) in [7, 11) is 0. The lowest BCUT2D eigenvalue weighted by Crippen LogP contribution is -2.10. The van der Waals surface area contributed by atoms with E-state index in [1.807, 2.05) is 0 Å². The molecule has 0 heterocycles. The third-order valence-corrected chi connectivity index (χ3v) is 2.77. The standard InChI is InChI=1S/C15H17/c1-11-5-6-13-10-14(15(2,3)4)8-7-12(13)9-11/h5-10H,1H2,2-4H3. The number of rotatable bonds is 0. The topological polar surface area (TPSA) is 0 Å². The van der Waals surface area contributed by atoms with E-state index in [1.54, 1.807) is 0 Å². The molecule has 2 aromatic rings. The number of hydrogen-bond donors (Lipinski definition) is 0. The van der Waals surface area contributed by atoms with Gasteiger partial charge in [0, 0.05) is 0 Å². The number of hydrogen-bond acceptors (Lipinski definition) is 0. The molecule has 0 aliphatic rings. The fraction of sp³-hybridized carbons (Fsp3) is 0.267. The highest BCUT2D eigenvalue weighted by Gasteiger charge is 2.13. The van der Waals surface area contributed by atoms with Gasteiger partial charge in [0.2, 0.25) is 0 Å². The van der Waals surface area contributed by atoms with Gasteiger partial charge in [-0.25, -0.2) is 0 Å². The third-order valence-electron chi connectivity index (χ3n) is 2.77. The first-order valence-electron chi connectivity index (χ1n) is 5.33. The molecular weight excluding hydrogens is 180 g/mol. The molecule has 0 heteroatoms. The SMILES string of the molecule is [CH2]c1ccc2cc(C(C)(C)C)ccc2c1. The Labute approximate surface area is 91.9 Å². The van der Waals surface area contributed by atoms with Gasteiger partial charge in [0.25, 0.3) is 0 Å². The molecular formula is C15H17. The molecule has 1 radical (unpaired) electrons. The zero-order valence-corrected chi connectivity index (χ0v) is 9.67. The Hall–Kier alpha value is -1.30.